The molecule has 1 N–H and O–H groups in total. The number of ether oxygens (including phenoxy) is 1. The molecule has 2 aromatic carbocycles. The van der Waals surface area contributed by atoms with Crippen LogP contribution < -0.4 is 10.1 Å². The third-order valence-electron chi connectivity index (χ3n) is 2.90. The van der Waals surface area contributed by atoms with E-state index in [1.54, 1.807) is 24.3 Å². The van der Waals surface area contributed by atoms with Crippen LogP contribution in [0.25, 0.3) is 0 Å². The zero-order valence-corrected chi connectivity index (χ0v) is 13.9. The lowest BCUT2D eigenvalue weighted by Crippen LogP contribution is -2.14. The molecule has 0 amide bonds. The third kappa shape index (κ3) is 4.52. The first kappa shape index (κ1) is 16.4. The zero-order valence-electron chi connectivity index (χ0n) is 11.6. The van der Waals surface area contributed by atoms with Crippen LogP contribution in [0.1, 0.15) is 18.9 Å². The smallest absolute Gasteiger partial charge is 0.150 e. The summed E-state index contributed by atoms with van der Waals surface area (Å²) < 4.78 is 5.89. The Balaban J connectivity index is 2.23. The average molecular weight is 345 g/mol. The second kappa shape index (κ2) is 7.90. The lowest BCUT2D eigenvalue weighted by molar-refractivity contribution is 0.473. The van der Waals surface area contributed by atoms with Crippen molar-refractivity contribution in [3.63, 3.8) is 0 Å². The Hall–Kier alpha value is -0.930. The lowest BCUT2D eigenvalue weighted by atomic mass is 10.2. The number of rotatable bonds is 6. The normalized spacial score (nSPS) is 10.7. The molecule has 2 aromatic rings. The summed E-state index contributed by atoms with van der Waals surface area (Å²) in [6.45, 7) is 3.77. The first-order chi connectivity index (χ1) is 10.1. The fourth-order valence-corrected chi connectivity index (χ4v) is 2.39. The molecule has 0 unspecified atom stereocenters. The molecule has 0 aromatic heterocycles. The molecule has 21 heavy (non-hydrogen) atoms. The third-order valence-corrected chi connectivity index (χ3v) is 3.94. The molecular weight excluding hydrogens is 329 g/mol. The van der Waals surface area contributed by atoms with Crippen molar-refractivity contribution in [2.24, 2.45) is 0 Å². The van der Waals surface area contributed by atoms with E-state index in [1.807, 2.05) is 12.1 Å². The molecule has 0 fully saturated rings. The number of para-hydroxylation sites is 1. The summed E-state index contributed by atoms with van der Waals surface area (Å²) in [7, 11) is 0. The summed E-state index contributed by atoms with van der Waals surface area (Å²) in [5, 5.41) is 4.85. The highest BCUT2D eigenvalue weighted by atomic mass is 35.5. The molecule has 0 saturated heterocycles. The largest absolute Gasteiger partial charge is 0.455 e. The van der Waals surface area contributed by atoms with Crippen LogP contribution >= 0.6 is 34.8 Å². The number of nitrogens with one attached hydrogen (secondary N) is 1. The Morgan fingerprint density at radius 1 is 1.00 bits per heavy atom. The number of hydrogen-bond acceptors (Lipinski definition) is 2. The van der Waals surface area contributed by atoms with Gasteiger partial charge in [-0.1, -0.05) is 53.9 Å². The van der Waals surface area contributed by atoms with E-state index < -0.39 is 0 Å². The van der Waals surface area contributed by atoms with Gasteiger partial charge in [0, 0.05) is 18.2 Å². The van der Waals surface area contributed by atoms with E-state index in [0.717, 1.165) is 18.5 Å². The van der Waals surface area contributed by atoms with Crippen molar-refractivity contribution in [2.75, 3.05) is 6.54 Å². The molecule has 2 nitrogen and oxygen atoms in total. The highest BCUT2D eigenvalue weighted by molar-refractivity contribution is 6.42. The molecule has 0 spiro atoms. The van der Waals surface area contributed by atoms with Crippen molar-refractivity contribution in [3.05, 3.63) is 57.0 Å². The molecule has 0 bridgehead atoms. The minimum atomic E-state index is 0.451. The predicted octanol–water partition coefficient (Wildman–Crippen LogP) is 5.94. The first-order valence-electron chi connectivity index (χ1n) is 6.73. The second-order valence-corrected chi connectivity index (χ2v) is 5.80. The van der Waals surface area contributed by atoms with Gasteiger partial charge in [-0.2, -0.15) is 0 Å². The highest BCUT2D eigenvalue weighted by Gasteiger charge is 2.10. The summed E-state index contributed by atoms with van der Waals surface area (Å²) in [5.74, 6) is 1.25. The highest BCUT2D eigenvalue weighted by Crippen LogP contribution is 2.35. The van der Waals surface area contributed by atoms with Gasteiger partial charge in [0.15, 0.2) is 0 Å². The topological polar surface area (TPSA) is 21.3 Å². The Morgan fingerprint density at radius 2 is 1.81 bits per heavy atom. The number of halogens is 3. The Bertz CT molecular complexity index is 616. The van der Waals surface area contributed by atoms with Gasteiger partial charge in [-0.3, -0.25) is 0 Å². The monoisotopic (exact) mass is 343 g/mol. The Morgan fingerprint density at radius 3 is 2.52 bits per heavy atom. The molecule has 0 aliphatic rings. The Kier molecular flexibility index (Phi) is 6.19. The molecule has 0 heterocycles. The van der Waals surface area contributed by atoms with Crippen LogP contribution in [0.2, 0.25) is 15.1 Å². The van der Waals surface area contributed by atoms with E-state index in [1.165, 1.54) is 0 Å². The summed E-state index contributed by atoms with van der Waals surface area (Å²) >= 11 is 18.2. The van der Waals surface area contributed by atoms with E-state index in [2.05, 4.69) is 12.2 Å². The number of hydrogen-bond donors (Lipinski definition) is 1. The first-order valence-corrected chi connectivity index (χ1v) is 7.86. The average Bonchev–Trinajstić information content (AvgIpc) is 2.46. The lowest BCUT2D eigenvalue weighted by Gasteiger charge is -2.14. The van der Waals surface area contributed by atoms with E-state index in [-0.39, 0.29) is 0 Å². The van der Waals surface area contributed by atoms with Gasteiger partial charge < -0.3 is 10.1 Å². The van der Waals surface area contributed by atoms with Crippen molar-refractivity contribution in [1.82, 2.24) is 5.32 Å². The van der Waals surface area contributed by atoms with Crippen molar-refractivity contribution in [2.45, 2.75) is 19.9 Å². The van der Waals surface area contributed by atoms with Gasteiger partial charge in [0.05, 0.1) is 15.1 Å². The van der Waals surface area contributed by atoms with E-state index in [4.69, 9.17) is 39.5 Å². The summed E-state index contributed by atoms with van der Waals surface area (Å²) in [6.07, 6.45) is 1.07. The van der Waals surface area contributed by atoms with Crippen LogP contribution in [0.5, 0.6) is 11.5 Å². The van der Waals surface area contributed by atoms with Crippen molar-refractivity contribution < 1.29 is 4.74 Å². The van der Waals surface area contributed by atoms with Crippen LogP contribution in [0.3, 0.4) is 0 Å². The standard InChI is InChI=1S/C16H16Cl3NO/c1-2-8-20-10-11-4-3-5-14(18)16(11)21-12-6-7-13(17)15(19)9-12/h3-7,9,20H,2,8,10H2,1H3. The molecule has 0 atom stereocenters. The van der Waals surface area contributed by atoms with Crippen LogP contribution in [-0.4, -0.2) is 6.54 Å². The van der Waals surface area contributed by atoms with Gasteiger partial charge >= 0.3 is 0 Å². The maximum Gasteiger partial charge on any atom is 0.150 e. The maximum atomic E-state index is 6.25. The molecule has 0 aliphatic heterocycles. The molecule has 0 aliphatic carbocycles. The minimum absolute atomic E-state index is 0.451. The Labute approximate surface area is 140 Å². The molecule has 5 heteroatoms. The van der Waals surface area contributed by atoms with E-state index in [0.29, 0.717) is 33.1 Å². The molecule has 0 radical (unpaired) electrons. The molecule has 112 valence electrons. The second-order valence-electron chi connectivity index (χ2n) is 4.58. The van der Waals surface area contributed by atoms with Crippen LogP contribution in [0, 0.1) is 0 Å². The van der Waals surface area contributed by atoms with Gasteiger partial charge in [-0.25, -0.2) is 0 Å². The van der Waals surface area contributed by atoms with Crippen LogP contribution in [0.4, 0.5) is 0 Å². The summed E-state index contributed by atoms with van der Waals surface area (Å²) in [6, 6.07) is 10.8. The fourth-order valence-electron chi connectivity index (χ4n) is 1.87. The van der Waals surface area contributed by atoms with Gasteiger partial charge in [-0.15, -0.1) is 0 Å². The van der Waals surface area contributed by atoms with Crippen LogP contribution in [0.15, 0.2) is 36.4 Å². The summed E-state index contributed by atoms with van der Waals surface area (Å²) in [5.41, 5.74) is 1.00. The van der Waals surface area contributed by atoms with Crippen molar-refractivity contribution in [1.29, 1.82) is 0 Å². The quantitative estimate of drug-likeness (QED) is 0.655. The van der Waals surface area contributed by atoms with Gasteiger partial charge in [0.2, 0.25) is 0 Å². The maximum absolute atomic E-state index is 6.25. The predicted molar refractivity (Wildman–Crippen MR) is 90.0 cm³/mol. The van der Waals surface area contributed by atoms with Crippen molar-refractivity contribution >= 4 is 34.8 Å². The number of benzene rings is 2. The van der Waals surface area contributed by atoms with Gasteiger partial charge in [0.25, 0.3) is 0 Å². The molecular formula is C16H16Cl3NO. The van der Waals surface area contributed by atoms with Crippen LogP contribution in [-0.2, 0) is 6.54 Å². The van der Waals surface area contributed by atoms with Crippen molar-refractivity contribution in [3.8, 4) is 11.5 Å². The molecule has 0 saturated carbocycles. The summed E-state index contributed by atoms with van der Waals surface area (Å²) in [4.78, 5) is 0. The minimum Gasteiger partial charge on any atom is -0.455 e. The zero-order chi connectivity index (χ0) is 15.2. The van der Waals surface area contributed by atoms with Gasteiger partial charge in [0.1, 0.15) is 11.5 Å². The van der Waals surface area contributed by atoms with E-state index in [9.17, 15) is 0 Å². The van der Waals surface area contributed by atoms with Gasteiger partial charge in [-0.05, 0) is 31.2 Å². The SMILES string of the molecule is CCCNCc1cccc(Cl)c1Oc1ccc(Cl)c(Cl)c1. The molecule has 2 rings (SSSR count). The fraction of sp³-hybridized carbons (Fsp3) is 0.250. The van der Waals surface area contributed by atoms with E-state index >= 15 is 0 Å².